The molecule has 0 radical (unpaired) electrons. The lowest BCUT2D eigenvalue weighted by Crippen LogP contribution is -2.30. The summed E-state index contributed by atoms with van der Waals surface area (Å²) in [7, 11) is 0. The number of hydrogen-bond acceptors (Lipinski definition) is 6. The van der Waals surface area contributed by atoms with Gasteiger partial charge in [-0.2, -0.15) is 0 Å². The number of unbranched alkanes of at least 4 members (excludes halogenated alkanes) is 21. The lowest BCUT2D eigenvalue weighted by Gasteiger charge is -2.18. The molecule has 6 heteroatoms. The maximum atomic E-state index is 12.8. The van der Waals surface area contributed by atoms with Gasteiger partial charge >= 0.3 is 17.9 Å². The second-order valence-corrected chi connectivity index (χ2v) is 17.8. The van der Waals surface area contributed by atoms with Crippen LogP contribution < -0.4 is 0 Å². The van der Waals surface area contributed by atoms with Crippen LogP contribution in [0.2, 0.25) is 0 Å². The van der Waals surface area contributed by atoms with Crippen LogP contribution in [0.1, 0.15) is 239 Å². The smallest absolute Gasteiger partial charge is 0.306 e. The zero-order valence-corrected chi connectivity index (χ0v) is 43.4. The van der Waals surface area contributed by atoms with Gasteiger partial charge in [-0.3, -0.25) is 14.4 Å². The van der Waals surface area contributed by atoms with Crippen LogP contribution in [-0.2, 0) is 28.6 Å². The van der Waals surface area contributed by atoms with Crippen LogP contribution in [0.15, 0.2) is 109 Å². The van der Waals surface area contributed by atoms with Gasteiger partial charge in [-0.1, -0.05) is 220 Å². The number of rotatable bonds is 48. The molecule has 6 nitrogen and oxygen atoms in total. The maximum absolute atomic E-state index is 12.8. The van der Waals surface area contributed by atoms with Crippen molar-refractivity contribution in [3.63, 3.8) is 0 Å². The van der Waals surface area contributed by atoms with Gasteiger partial charge in [0.1, 0.15) is 13.2 Å². The van der Waals surface area contributed by atoms with Gasteiger partial charge < -0.3 is 14.2 Å². The summed E-state index contributed by atoms with van der Waals surface area (Å²) in [5, 5.41) is 0. The van der Waals surface area contributed by atoms with Gasteiger partial charge in [0, 0.05) is 19.3 Å². The minimum Gasteiger partial charge on any atom is -0.462 e. The highest BCUT2D eigenvalue weighted by Gasteiger charge is 2.19. The van der Waals surface area contributed by atoms with E-state index in [1.165, 1.54) is 44.9 Å². The van der Waals surface area contributed by atoms with Crippen LogP contribution in [0, 0.1) is 0 Å². The minimum absolute atomic E-state index is 0.101. The second kappa shape index (κ2) is 54.7. The summed E-state index contributed by atoms with van der Waals surface area (Å²) in [6.45, 7) is 6.35. The largest absolute Gasteiger partial charge is 0.462 e. The molecule has 0 amide bonds. The molecule has 0 aliphatic rings. The van der Waals surface area contributed by atoms with E-state index in [1.54, 1.807) is 0 Å². The van der Waals surface area contributed by atoms with Crippen LogP contribution >= 0.6 is 0 Å². The fraction of sp³-hybridized carbons (Fsp3) is 0.656. The predicted octanol–water partition coefficient (Wildman–Crippen LogP) is 18.3. The Hall–Kier alpha value is -3.93. The molecule has 0 spiro atoms. The van der Waals surface area contributed by atoms with Crippen molar-refractivity contribution in [1.29, 1.82) is 0 Å². The minimum atomic E-state index is -0.803. The van der Waals surface area contributed by atoms with Crippen molar-refractivity contribution >= 4 is 17.9 Å². The van der Waals surface area contributed by atoms with Crippen molar-refractivity contribution in [1.82, 2.24) is 0 Å². The van der Waals surface area contributed by atoms with Crippen LogP contribution in [-0.4, -0.2) is 37.2 Å². The summed E-state index contributed by atoms with van der Waals surface area (Å²) >= 11 is 0. The van der Waals surface area contributed by atoms with E-state index >= 15 is 0 Å². The molecular weight excluding hydrogens is 829 g/mol. The van der Waals surface area contributed by atoms with Gasteiger partial charge in [0.15, 0.2) is 6.10 Å². The van der Waals surface area contributed by atoms with Gasteiger partial charge in [0.25, 0.3) is 0 Å². The molecule has 0 fully saturated rings. The topological polar surface area (TPSA) is 78.9 Å². The van der Waals surface area contributed by atoms with E-state index in [2.05, 4.69) is 130 Å². The number of ether oxygens (including phenoxy) is 3. The highest BCUT2D eigenvalue weighted by Crippen LogP contribution is 2.13. The lowest BCUT2D eigenvalue weighted by molar-refractivity contribution is -0.167. The highest BCUT2D eigenvalue weighted by molar-refractivity contribution is 5.71. The summed E-state index contributed by atoms with van der Waals surface area (Å²) in [4.78, 5) is 38.1. The normalized spacial score (nSPS) is 12.9. The molecule has 380 valence electrons. The van der Waals surface area contributed by atoms with E-state index in [-0.39, 0.29) is 31.1 Å². The summed E-state index contributed by atoms with van der Waals surface area (Å²) in [6, 6.07) is 0. The number of allylic oxidation sites excluding steroid dienone is 18. The van der Waals surface area contributed by atoms with E-state index < -0.39 is 6.10 Å². The van der Waals surface area contributed by atoms with Crippen LogP contribution in [0.25, 0.3) is 0 Å². The molecule has 0 rings (SSSR count). The fourth-order valence-corrected chi connectivity index (χ4v) is 7.24. The summed E-state index contributed by atoms with van der Waals surface area (Å²) < 4.78 is 16.8. The van der Waals surface area contributed by atoms with Crippen LogP contribution in [0.3, 0.4) is 0 Å². The zero-order valence-electron chi connectivity index (χ0n) is 43.4. The first-order valence-corrected chi connectivity index (χ1v) is 27.4. The maximum Gasteiger partial charge on any atom is 0.306 e. The quantitative estimate of drug-likeness (QED) is 0.0199. The molecule has 1 atom stereocenters. The fourth-order valence-electron chi connectivity index (χ4n) is 7.24. The summed E-state index contributed by atoms with van der Waals surface area (Å²) in [5.41, 5.74) is 0. The van der Waals surface area contributed by atoms with Crippen molar-refractivity contribution in [2.24, 2.45) is 0 Å². The Kier molecular flexibility index (Phi) is 51.5. The van der Waals surface area contributed by atoms with Crippen molar-refractivity contribution < 1.29 is 28.6 Å². The van der Waals surface area contributed by atoms with Crippen molar-refractivity contribution in [2.75, 3.05) is 13.2 Å². The van der Waals surface area contributed by atoms with Gasteiger partial charge in [-0.05, 0) is 109 Å². The molecule has 0 aliphatic heterocycles. The van der Waals surface area contributed by atoms with E-state index in [4.69, 9.17) is 14.2 Å². The third kappa shape index (κ3) is 52.9. The standard InChI is InChI=1S/C61H100O6/c1-4-7-10-13-16-19-22-25-27-29-31-33-34-36-39-42-45-48-51-54-60(63)66-57-58(56-65-59(62)53-50-47-44-41-38-24-21-18-15-12-9-6-3)67-61(64)55-52-49-46-43-40-37-35-32-30-28-26-23-20-17-14-11-8-5-2/h7,9-10,12,16,18-19,21,23,25-28,30-33,35,58H,4-6,8,11,13-15,17,20,22,24,29,34,36-57H2,1-3H3/b10-7-,12-9-,19-16-,21-18-,26-23-,27-25-,30-28-,33-31-,35-32-. The van der Waals surface area contributed by atoms with Crippen molar-refractivity contribution in [2.45, 2.75) is 245 Å². The third-order valence-corrected chi connectivity index (χ3v) is 11.3. The number of esters is 3. The molecule has 0 aromatic carbocycles. The SMILES string of the molecule is CC/C=C\C/C=C\C/C=C\C/C=C\CCCCCCCCC(=O)OCC(COC(=O)CCCCCCC/C=C\C/C=C\CC)OC(=O)CCCCCCC\C=C/C=C\C=C/CCCCCCC. The number of carbonyl (C=O) groups excluding carboxylic acids is 3. The van der Waals surface area contributed by atoms with Gasteiger partial charge in [-0.25, -0.2) is 0 Å². The Labute approximate surface area is 412 Å². The van der Waals surface area contributed by atoms with E-state index in [0.29, 0.717) is 19.3 Å². The molecule has 0 aromatic heterocycles. The van der Waals surface area contributed by atoms with Crippen LogP contribution in [0.5, 0.6) is 0 Å². The van der Waals surface area contributed by atoms with Crippen molar-refractivity contribution in [3.8, 4) is 0 Å². The molecule has 0 N–H and O–H groups in total. The molecule has 0 aliphatic carbocycles. The Morgan fingerprint density at radius 2 is 0.642 bits per heavy atom. The molecular formula is C61H100O6. The molecule has 1 unspecified atom stereocenters. The average Bonchev–Trinajstić information content (AvgIpc) is 3.33. The van der Waals surface area contributed by atoms with Crippen LogP contribution in [0.4, 0.5) is 0 Å². The Balaban J connectivity index is 4.46. The Bertz CT molecular complexity index is 1390. The molecule has 0 saturated carbocycles. The zero-order chi connectivity index (χ0) is 48.6. The second-order valence-electron chi connectivity index (χ2n) is 17.8. The lowest BCUT2D eigenvalue weighted by atomic mass is 10.1. The van der Waals surface area contributed by atoms with E-state index in [9.17, 15) is 14.4 Å². The average molecular weight is 929 g/mol. The van der Waals surface area contributed by atoms with Gasteiger partial charge in [0.05, 0.1) is 0 Å². The summed E-state index contributed by atoms with van der Waals surface area (Å²) in [5.74, 6) is -0.950. The Morgan fingerprint density at radius 3 is 1.03 bits per heavy atom. The van der Waals surface area contributed by atoms with Gasteiger partial charge in [-0.15, -0.1) is 0 Å². The summed E-state index contributed by atoms with van der Waals surface area (Å²) in [6.07, 6.45) is 73.6. The molecule has 0 aromatic rings. The third-order valence-electron chi connectivity index (χ3n) is 11.3. The molecule has 0 saturated heterocycles. The number of hydrogen-bond donors (Lipinski definition) is 0. The first-order chi connectivity index (χ1) is 33.0. The molecule has 67 heavy (non-hydrogen) atoms. The number of carbonyl (C=O) groups is 3. The highest BCUT2D eigenvalue weighted by atomic mass is 16.6. The monoisotopic (exact) mass is 929 g/mol. The first kappa shape index (κ1) is 63.1. The van der Waals surface area contributed by atoms with Crippen molar-refractivity contribution in [3.05, 3.63) is 109 Å². The molecule has 0 heterocycles. The predicted molar refractivity (Wildman–Crippen MR) is 288 cm³/mol. The van der Waals surface area contributed by atoms with E-state index in [1.807, 2.05) is 0 Å². The van der Waals surface area contributed by atoms with E-state index in [0.717, 1.165) is 154 Å². The first-order valence-electron chi connectivity index (χ1n) is 27.4. The van der Waals surface area contributed by atoms with Gasteiger partial charge in [0.2, 0.25) is 0 Å². The molecule has 0 bridgehead atoms. The Morgan fingerprint density at radius 1 is 0.328 bits per heavy atom.